The number of pyridine rings is 1. The first-order valence-electron chi connectivity index (χ1n) is 6.01. The second-order valence-corrected chi connectivity index (χ2v) is 5.30. The Morgan fingerprint density at radius 2 is 2.24 bits per heavy atom. The fraction of sp³-hybridized carbons (Fsp3) is 0.500. The van der Waals surface area contributed by atoms with E-state index in [-0.39, 0.29) is 0 Å². The summed E-state index contributed by atoms with van der Waals surface area (Å²) < 4.78 is 0. The number of aromatic amines is 1. The summed E-state index contributed by atoms with van der Waals surface area (Å²) in [5, 5.41) is 0.573. The van der Waals surface area contributed by atoms with Crippen molar-refractivity contribution in [3.05, 3.63) is 24.2 Å². The molecule has 5 heteroatoms. The highest BCUT2D eigenvalue weighted by molar-refractivity contribution is 7.80. The Morgan fingerprint density at radius 1 is 1.41 bits per heavy atom. The van der Waals surface area contributed by atoms with Crippen LogP contribution in [0.3, 0.4) is 0 Å². The number of hydrogen-bond acceptors (Lipinski definition) is 4. The van der Waals surface area contributed by atoms with Crippen LogP contribution in [-0.4, -0.2) is 38.2 Å². The molecule has 1 N–H and O–H groups in total. The zero-order valence-electron chi connectivity index (χ0n) is 9.63. The minimum Gasteiger partial charge on any atom is -0.340 e. The number of nitrogens with one attached hydrogen (secondary N) is 1. The molecule has 0 saturated carbocycles. The summed E-state index contributed by atoms with van der Waals surface area (Å²) in [6, 6.07) is 3.94. The SMILES string of the molecule is SC1CCN(Cc2nc3ncccc3[nH]2)CC1. The molecule has 3 heterocycles. The second kappa shape index (κ2) is 4.66. The van der Waals surface area contributed by atoms with Gasteiger partial charge in [-0.15, -0.1) is 0 Å². The highest BCUT2D eigenvalue weighted by Gasteiger charge is 2.17. The summed E-state index contributed by atoms with van der Waals surface area (Å²) in [5.41, 5.74) is 1.83. The van der Waals surface area contributed by atoms with E-state index in [1.807, 2.05) is 12.1 Å². The van der Waals surface area contributed by atoms with Gasteiger partial charge in [-0.3, -0.25) is 4.90 Å². The van der Waals surface area contributed by atoms with Crippen molar-refractivity contribution in [1.82, 2.24) is 19.9 Å². The van der Waals surface area contributed by atoms with E-state index in [9.17, 15) is 0 Å². The largest absolute Gasteiger partial charge is 0.340 e. The molecule has 2 aromatic heterocycles. The van der Waals surface area contributed by atoms with E-state index < -0.39 is 0 Å². The number of H-pyrrole nitrogens is 1. The molecule has 17 heavy (non-hydrogen) atoms. The summed E-state index contributed by atoms with van der Waals surface area (Å²) in [4.78, 5) is 14.5. The van der Waals surface area contributed by atoms with Gasteiger partial charge in [0.15, 0.2) is 5.65 Å². The monoisotopic (exact) mass is 248 g/mol. The number of likely N-dealkylation sites (tertiary alicyclic amines) is 1. The first-order valence-corrected chi connectivity index (χ1v) is 6.53. The number of nitrogens with zero attached hydrogens (tertiary/aromatic N) is 3. The smallest absolute Gasteiger partial charge is 0.177 e. The Kier molecular flexibility index (Phi) is 3.03. The van der Waals surface area contributed by atoms with Crippen molar-refractivity contribution < 1.29 is 0 Å². The number of thiol groups is 1. The van der Waals surface area contributed by atoms with Gasteiger partial charge in [0.25, 0.3) is 0 Å². The van der Waals surface area contributed by atoms with Crippen LogP contribution in [0.5, 0.6) is 0 Å². The summed E-state index contributed by atoms with van der Waals surface area (Å²) in [5.74, 6) is 1.01. The van der Waals surface area contributed by atoms with E-state index in [0.29, 0.717) is 5.25 Å². The average Bonchev–Trinajstić information content (AvgIpc) is 2.74. The third-order valence-electron chi connectivity index (χ3n) is 3.24. The lowest BCUT2D eigenvalue weighted by molar-refractivity contribution is 0.221. The minimum absolute atomic E-state index is 0.573. The predicted molar refractivity (Wildman–Crippen MR) is 71.2 cm³/mol. The Bertz CT molecular complexity index is 469. The topological polar surface area (TPSA) is 44.8 Å². The van der Waals surface area contributed by atoms with E-state index in [2.05, 4.69) is 32.5 Å². The van der Waals surface area contributed by atoms with Crippen molar-refractivity contribution in [2.75, 3.05) is 13.1 Å². The Balaban J connectivity index is 1.72. The van der Waals surface area contributed by atoms with Gasteiger partial charge in [0.2, 0.25) is 0 Å². The molecule has 1 aliphatic heterocycles. The van der Waals surface area contributed by atoms with Gasteiger partial charge < -0.3 is 4.98 Å². The zero-order valence-corrected chi connectivity index (χ0v) is 10.5. The maximum atomic E-state index is 4.51. The molecule has 0 radical (unpaired) electrons. The number of piperidine rings is 1. The Hall–Kier alpha value is -1.07. The van der Waals surface area contributed by atoms with Crippen LogP contribution in [0.1, 0.15) is 18.7 Å². The lowest BCUT2D eigenvalue weighted by atomic mass is 10.1. The van der Waals surface area contributed by atoms with Gasteiger partial charge in [0.05, 0.1) is 12.1 Å². The molecule has 3 rings (SSSR count). The van der Waals surface area contributed by atoms with Gasteiger partial charge in [-0.1, -0.05) is 0 Å². The van der Waals surface area contributed by atoms with Crippen molar-refractivity contribution in [2.24, 2.45) is 0 Å². The van der Waals surface area contributed by atoms with Gasteiger partial charge in [-0.2, -0.15) is 12.6 Å². The zero-order chi connectivity index (χ0) is 11.7. The van der Waals surface area contributed by atoms with E-state index in [1.54, 1.807) is 6.20 Å². The van der Waals surface area contributed by atoms with Crippen LogP contribution in [0.2, 0.25) is 0 Å². The Morgan fingerprint density at radius 3 is 3.00 bits per heavy atom. The number of hydrogen-bond donors (Lipinski definition) is 2. The molecule has 1 saturated heterocycles. The summed E-state index contributed by atoms with van der Waals surface area (Å²) >= 11 is 4.51. The molecule has 0 spiro atoms. The molecule has 90 valence electrons. The van der Waals surface area contributed by atoms with Crippen LogP contribution in [0, 0.1) is 0 Å². The molecule has 4 nitrogen and oxygen atoms in total. The minimum atomic E-state index is 0.573. The average molecular weight is 248 g/mol. The molecule has 0 amide bonds. The highest BCUT2D eigenvalue weighted by atomic mass is 32.1. The Labute approximate surface area is 106 Å². The van der Waals surface area contributed by atoms with Crippen molar-refractivity contribution in [3.63, 3.8) is 0 Å². The van der Waals surface area contributed by atoms with Crippen LogP contribution in [0.15, 0.2) is 18.3 Å². The number of rotatable bonds is 2. The molecule has 0 atom stereocenters. The molecule has 2 aromatic rings. The van der Waals surface area contributed by atoms with Gasteiger partial charge in [-0.05, 0) is 38.1 Å². The lowest BCUT2D eigenvalue weighted by Gasteiger charge is -2.28. The van der Waals surface area contributed by atoms with E-state index in [4.69, 9.17) is 0 Å². The van der Waals surface area contributed by atoms with Crippen LogP contribution < -0.4 is 0 Å². The maximum absolute atomic E-state index is 4.51. The first kappa shape index (κ1) is 11.0. The maximum Gasteiger partial charge on any atom is 0.177 e. The van der Waals surface area contributed by atoms with E-state index in [0.717, 1.165) is 36.6 Å². The van der Waals surface area contributed by atoms with Crippen LogP contribution >= 0.6 is 12.6 Å². The van der Waals surface area contributed by atoms with Crippen molar-refractivity contribution in [3.8, 4) is 0 Å². The second-order valence-electron chi connectivity index (χ2n) is 4.57. The summed E-state index contributed by atoms with van der Waals surface area (Å²) in [6.45, 7) is 3.11. The standard InChI is InChI=1S/C12H16N4S/c17-9-3-6-16(7-4-9)8-11-14-10-2-1-5-13-12(10)15-11/h1-2,5,9,17H,3-4,6-8H2,(H,13,14,15). The fourth-order valence-electron chi connectivity index (χ4n) is 2.26. The third kappa shape index (κ3) is 2.45. The van der Waals surface area contributed by atoms with Crippen LogP contribution in [0.4, 0.5) is 0 Å². The molecule has 1 fully saturated rings. The quantitative estimate of drug-likeness (QED) is 0.797. The molecule has 1 aliphatic rings. The van der Waals surface area contributed by atoms with Crippen molar-refractivity contribution in [2.45, 2.75) is 24.6 Å². The molecular weight excluding hydrogens is 232 g/mol. The van der Waals surface area contributed by atoms with E-state index in [1.165, 1.54) is 12.8 Å². The fourth-order valence-corrected chi connectivity index (χ4v) is 2.49. The summed E-state index contributed by atoms with van der Waals surface area (Å²) in [6.07, 6.45) is 4.11. The van der Waals surface area contributed by atoms with Gasteiger partial charge in [-0.25, -0.2) is 9.97 Å². The predicted octanol–water partition coefficient (Wildman–Crippen LogP) is 1.85. The van der Waals surface area contributed by atoms with Crippen molar-refractivity contribution in [1.29, 1.82) is 0 Å². The van der Waals surface area contributed by atoms with Gasteiger partial charge in [0.1, 0.15) is 5.82 Å². The molecule has 0 bridgehead atoms. The molecule has 0 aliphatic carbocycles. The molecule has 0 aromatic carbocycles. The number of fused-ring (bicyclic) bond motifs is 1. The van der Waals surface area contributed by atoms with Gasteiger partial charge in [0, 0.05) is 11.4 Å². The van der Waals surface area contributed by atoms with Crippen LogP contribution in [0.25, 0.3) is 11.2 Å². The normalized spacial score (nSPS) is 18.9. The van der Waals surface area contributed by atoms with Gasteiger partial charge >= 0.3 is 0 Å². The molecular formula is C12H16N4S. The third-order valence-corrected chi connectivity index (χ3v) is 3.75. The first-order chi connectivity index (χ1) is 8.31. The summed E-state index contributed by atoms with van der Waals surface area (Å²) in [7, 11) is 0. The lowest BCUT2D eigenvalue weighted by Crippen LogP contribution is -2.33. The van der Waals surface area contributed by atoms with Crippen molar-refractivity contribution >= 4 is 23.8 Å². The number of imidazole rings is 1. The highest BCUT2D eigenvalue weighted by Crippen LogP contribution is 2.17. The molecule has 0 unspecified atom stereocenters. The van der Waals surface area contributed by atoms with E-state index >= 15 is 0 Å². The van der Waals surface area contributed by atoms with Crippen LogP contribution in [-0.2, 0) is 6.54 Å². The number of aromatic nitrogens is 3.